The summed E-state index contributed by atoms with van der Waals surface area (Å²) in [6.07, 6.45) is 1.85. The van der Waals surface area contributed by atoms with Crippen LogP contribution in [0.3, 0.4) is 0 Å². The highest BCUT2D eigenvalue weighted by Gasteiger charge is 2.12. The molecule has 1 N–H and O–H groups in total. The summed E-state index contributed by atoms with van der Waals surface area (Å²) < 4.78 is 7.65. The van der Waals surface area contributed by atoms with Crippen LogP contribution in [0.25, 0.3) is 0 Å². The smallest absolute Gasteiger partial charge is 0.219 e. The molecule has 5 heteroatoms. The number of aryl methyl sites for hydroxylation is 2. The zero-order chi connectivity index (χ0) is 14.7. The molecule has 20 heavy (non-hydrogen) atoms. The van der Waals surface area contributed by atoms with Crippen LogP contribution >= 0.6 is 0 Å². The molecule has 0 spiro atoms. The maximum Gasteiger partial charge on any atom is 0.219 e. The number of hydrogen-bond donors (Lipinski definition) is 1. The number of ether oxygens (including phenoxy) is 1. The Morgan fingerprint density at radius 3 is 2.60 bits per heavy atom. The first-order valence-electron chi connectivity index (χ1n) is 6.90. The van der Waals surface area contributed by atoms with Crippen molar-refractivity contribution in [1.82, 2.24) is 20.1 Å². The average Bonchev–Trinajstić information content (AvgIpc) is 2.66. The van der Waals surface area contributed by atoms with E-state index in [2.05, 4.69) is 29.2 Å². The molecule has 0 aliphatic rings. The van der Waals surface area contributed by atoms with E-state index in [1.165, 1.54) is 0 Å². The summed E-state index contributed by atoms with van der Waals surface area (Å²) in [5.41, 5.74) is 3.02. The monoisotopic (exact) mass is 274 g/mol. The maximum atomic E-state index is 5.84. The number of pyridine rings is 1. The molecule has 2 heterocycles. The van der Waals surface area contributed by atoms with Gasteiger partial charge in [-0.1, -0.05) is 13.0 Å². The molecule has 2 aromatic heterocycles. The first-order valence-corrected chi connectivity index (χ1v) is 6.90. The molecule has 0 amide bonds. The van der Waals surface area contributed by atoms with Gasteiger partial charge in [0.15, 0.2) is 5.75 Å². The third kappa shape index (κ3) is 2.99. The maximum absolute atomic E-state index is 5.84. The van der Waals surface area contributed by atoms with Gasteiger partial charge < -0.3 is 10.1 Å². The Hall–Kier alpha value is -1.88. The summed E-state index contributed by atoms with van der Waals surface area (Å²) in [4.78, 5) is 4.37. The van der Waals surface area contributed by atoms with Gasteiger partial charge in [-0.15, -0.1) is 0 Å². The van der Waals surface area contributed by atoms with Crippen LogP contribution in [0.5, 0.6) is 11.6 Å². The fourth-order valence-corrected chi connectivity index (χ4v) is 2.14. The van der Waals surface area contributed by atoms with E-state index in [-0.39, 0.29) is 0 Å². The predicted molar refractivity (Wildman–Crippen MR) is 79.1 cm³/mol. The Kier molecular flexibility index (Phi) is 4.39. The minimum Gasteiger partial charge on any atom is -0.435 e. The van der Waals surface area contributed by atoms with Crippen molar-refractivity contribution in [2.24, 2.45) is 7.05 Å². The first kappa shape index (κ1) is 14.5. The topological polar surface area (TPSA) is 52.0 Å². The van der Waals surface area contributed by atoms with E-state index in [0.29, 0.717) is 11.9 Å². The van der Waals surface area contributed by atoms with Crippen LogP contribution in [0, 0.1) is 13.8 Å². The van der Waals surface area contributed by atoms with E-state index in [4.69, 9.17) is 4.74 Å². The molecule has 5 nitrogen and oxygen atoms in total. The molecule has 0 saturated heterocycles. The molecule has 0 saturated carbocycles. The second-order valence-corrected chi connectivity index (χ2v) is 4.93. The summed E-state index contributed by atoms with van der Waals surface area (Å²) in [5, 5.41) is 7.69. The average molecular weight is 274 g/mol. The quantitative estimate of drug-likeness (QED) is 0.911. The number of aromatic nitrogens is 3. The van der Waals surface area contributed by atoms with Gasteiger partial charge >= 0.3 is 0 Å². The molecule has 0 radical (unpaired) electrons. The summed E-state index contributed by atoms with van der Waals surface area (Å²) in [6, 6.07) is 4.23. The molecule has 1 unspecified atom stereocenters. The molecule has 0 aromatic carbocycles. The summed E-state index contributed by atoms with van der Waals surface area (Å²) in [7, 11) is 1.91. The van der Waals surface area contributed by atoms with Crippen LogP contribution in [-0.4, -0.2) is 21.3 Å². The SMILES string of the molecule is CCNC(C)c1ccc(Oc2c(C)nn(C)c2C)nc1. The van der Waals surface area contributed by atoms with E-state index >= 15 is 0 Å². The second-order valence-electron chi connectivity index (χ2n) is 4.93. The molecule has 1 atom stereocenters. The Morgan fingerprint density at radius 1 is 1.35 bits per heavy atom. The van der Waals surface area contributed by atoms with Gasteiger partial charge in [-0.2, -0.15) is 5.10 Å². The van der Waals surface area contributed by atoms with Crippen LogP contribution in [0.1, 0.15) is 36.8 Å². The van der Waals surface area contributed by atoms with Crippen molar-refractivity contribution in [3.8, 4) is 11.6 Å². The highest BCUT2D eigenvalue weighted by molar-refractivity contribution is 5.35. The fourth-order valence-electron chi connectivity index (χ4n) is 2.14. The lowest BCUT2D eigenvalue weighted by Gasteiger charge is -2.12. The van der Waals surface area contributed by atoms with Crippen LogP contribution in [0.2, 0.25) is 0 Å². The molecule has 0 aliphatic heterocycles. The standard InChI is InChI=1S/C15H22N4O/c1-6-16-10(2)13-7-8-14(17-9-13)20-15-11(3)18-19(5)12(15)4/h7-10,16H,6H2,1-5H3. The van der Waals surface area contributed by atoms with Gasteiger partial charge in [-0.05, 0) is 32.9 Å². The third-order valence-electron chi connectivity index (χ3n) is 3.42. The predicted octanol–water partition coefficient (Wildman–Crippen LogP) is 2.89. The fraction of sp³-hybridized carbons (Fsp3) is 0.467. The molecule has 0 aliphatic carbocycles. The molecule has 0 fully saturated rings. The third-order valence-corrected chi connectivity index (χ3v) is 3.42. The van der Waals surface area contributed by atoms with Crippen LogP contribution < -0.4 is 10.1 Å². The zero-order valence-electron chi connectivity index (χ0n) is 12.8. The lowest BCUT2D eigenvalue weighted by atomic mass is 10.1. The lowest BCUT2D eigenvalue weighted by Crippen LogP contribution is -2.17. The number of nitrogens with zero attached hydrogens (tertiary/aromatic N) is 3. The van der Waals surface area contributed by atoms with Crippen LogP contribution in [0.4, 0.5) is 0 Å². The normalized spacial score (nSPS) is 12.4. The first-order chi connectivity index (χ1) is 9.52. The molecular weight excluding hydrogens is 252 g/mol. The van der Waals surface area contributed by atoms with Crippen molar-refractivity contribution in [1.29, 1.82) is 0 Å². The van der Waals surface area contributed by atoms with Gasteiger partial charge in [0.25, 0.3) is 0 Å². The minimum absolute atomic E-state index is 0.295. The second kappa shape index (κ2) is 6.05. The summed E-state index contributed by atoms with van der Waals surface area (Å²) >= 11 is 0. The number of hydrogen-bond acceptors (Lipinski definition) is 4. The van der Waals surface area contributed by atoms with Crippen molar-refractivity contribution < 1.29 is 4.74 Å². The summed E-state index contributed by atoms with van der Waals surface area (Å²) in [5.74, 6) is 1.38. The Balaban J connectivity index is 2.15. The van der Waals surface area contributed by atoms with E-state index in [0.717, 1.165) is 29.2 Å². The van der Waals surface area contributed by atoms with Crippen molar-refractivity contribution in [2.45, 2.75) is 33.7 Å². The van der Waals surface area contributed by atoms with Crippen molar-refractivity contribution in [3.05, 3.63) is 35.3 Å². The highest BCUT2D eigenvalue weighted by Crippen LogP contribution is 2.27. The van der Waals surface area contributed by atoms with Gasteiger partial charge in [0.05, 0.1) is 5.69 Å². The number of nitrogens with one attached hydrogen (secondary N) is 1. The number of rotatable bonds is 5. The van der Waals surface area contributed by atoms with Crippen LogP contribution in [0.15, 0.2) is 18.3 Å². The van der Waals surface area contributed by atoms with E-state index in [1.807, 2.05) is 43.9 Å². The van der Waals surface area contributed by atoms with Gasteiger partial charge in [-0.3, -0.25) is 4.68 Å². The van der Waals surface area contributed by atoms with Crippen LogP contribution in [-0.2, 0) is 7.05 Å². The summed E-state index contributed by atoms with van der Waals surface area (Å²) in [6.45, 7) is 9.07. The molecule has 0 bridgehead atoms. The van der Waals surface area contributed by atoms with Gasteiger partial charge in [0.1, 0.15) is 5.69 Å². The van der Waals surface area contributed by atoms with E-state index < -0.39 is 0 Å². The van der Waals surface area contributed by atoms with E-state index in [1.54, 1.807) is 0 Å². The molecule has 2 aromatic rings. The molecule has 2 rings (SSSR count). The van der Waals surface area contributed by atoms with E-state index in [9.17, 15) is 0 Å². The Morgan fingerprint density at radius 2 is 2.10 bits per heavy atom. The van der Waals surface area contributed by atoms with Gasteiger partial charge in [-0.25, -0.2) is 4.98 Å². The molecular formula is C15H22N4O. The van der Waals surface area contributed by atoms with Gasteiger partial charge in [0, 0.05) is 25.4 Å². The van der Waals surface area contributed by atoms with Gasteiger partial charge in [0.2, 0.25) is 5.88 Å². The Bertz CT molecular complexity index is 574. The lowest BCUT2D eigenvalue weighted by molar-refractivity contribution is 0.454. The minimum atomic E-state index is 0.295. The molecule has 108 valence electrons. The highest BCUT2D eigenvalue weighted by atomic mass is 16.5. The zero-order valence-corrected chi connectivity index (χ0v) is 12.8. The Labute approximate surface area is 120 Å². The largest absolute Gasteiger partial charge is 0.435 e. The van der Waals surface area contributed by atoms with Crippen molar-refractivity contribution >= 4 is 0 Å². The van der Waals surface area contributed by atoms with Crippen molar-refractivity contribution in [2.75, 3.05) is 6.54 Å². The van der Waals surface area contributed by atoms with Crippen molar-refractivity contribution in [3.63, 3.8) is 0 Å².